The average molecular weight is 357 g/mol. The molecule has 1 fully saturated rings. The minimum absolute atomic E-state index is 0.271. The lowest BCUT2D eigenvalue weighted by Gasteiger charge is -2.15. The summed E-state index contributed by atoms with van der Waals surface area (Å²) in [5.41, 5.74) is 4.06. The first-order valence-electron chi connectivity index (χ1n) is 8.61. The second kappa shape index (κ2) is 7.12. The summed E-state index contributed by atoms with van der Waals surface area (Å²) in [6, 6.07) is 10.5. The van der Waals surface area contributed by atoms with Gasteiger partial charge in [-0.25, -0.2) is 9.97 Å². The van der Waals surface area contributed by atoms with Crippen molar-refractivity contribution in [1.29, 1.82) is 0 Å². The predicted molar refractivity (Wildman–Crippen MR) is 98.4 cm³/mol. The molecule has 0 unspecified atom stereocenters. The van der Waals surface area contributed by atoms with Gasteiger partial charge in [-0.05, 0) is 24.3 Å². The molecule has 5 nitrogen and oxygen atoms in total. The lowest BCUT2D eigenvalue weighted by atomic mass is 9.97. The Morgan fingerprint density at radius 3 is 2.88 bits per heavy atom. The number of β-amino-alcohol motifs (C(OH)–C–C–N with tert-alkyl or cyclic N) is 1. The number of nitrogens with zero attached hydrogens (tertiary/aromatic N) is 3. The van der Waals surface area contributed by atoms with E-state index in [-0.39, 0.29) is 6.10 Å². The van der Waals surface area contributed by atoms with E-state index in [4.69, 9.17) is 11.6 Å². The first-order valence-corrected chi connectivity index (χ1v) is 8.99. The van der Waals surface area contributed by atoms with Crippen LogP contribution in [-0.2, 0) is 13.0 Å². The molecule has 3 aromatic rings. The Bertz CT molecular complexity index is 851. The predicted octanol–water partition coefficient (Wildman–Crippen LogP) is 3.04. The smallest absolute Gasteiger partial charge is 0.156 e. The summed E-state index contributed by atoms with van der Waals surface area (Å²) in [6.45, 7) is 2.36. The van der Waals surface area contributed by atoms with Crippen molar-refractivity contribution in [2.75, 3.05) is 13.1 Å². The molecule has 0 bridgehead atoms. The Morgan fingerprint density at radius 1 is 1.20 bits per heavy atom. The molecule has 4 rings (SSSR count). The summed E-state index contributed by atoms with van der Waals surface area (Å²) in [6.07, 6.45) is 5.17. The number of aliphatic hydroxyl groups excluding tert-OH is 1. The number of hydrogen-bond donors (Lipinski definition) is 2. The minimum Gasteiger partial charge on any atom is -0.391 e. The Balaban J connectivity index is 1.40. The third kappa shape index (κ3) is 3.54. The second-order valence-electron chi connectivity index (χ2n) is 6.75. The van der Waals surface area contributed by atoms with E-state index in [1.54, 1.807) is 0 Å². The van der Waals surface area contributed by atoms with Gasteiger partial charge in [-0.3, -0.25) is 4.90 Å². The fourth-order valence-corrected chi connectivity index (χ4v) is 3.86. The van der Waals surface area contributed by atoms with Crippen molar-refractivity contribution in [3.05, 3.63) is 59.1 Å². The van der Waals surface area contributed by atoms with Gasteiger partial charge in [-0.15, -0.1) is 0 Å². The number of fused-ring (bicyclic) bond motifs is 1. The Labute approximate surface area is 151 Å². The molecule has 1 aliphatic heterocycles. The van der Waals surface area contributed by atoms with Crippen LogP contribution in [0.5, 0.6) is 0 Å². The van der Waals surface area contributed by atoms with Crippen LogP contribution in [0.15, 0.2) is 42.9 Å². The number of aryl methyl sites for hydroxylation is 1. The van der Waals surface area contributed by atoms with Crippen LogP contribution >= 0.6 is 11.6 Å². The summed E-state index contributed by atoms with van der Waals surface area (Å²) < 4.78 is 0. The Hall–Kier alpha value is -1.95. The minimum atomic E-state index is -0.271. The molecule has 2 atom stereocenters. The first kappa shape index (κ1) is 16.5. The van der Waals surface area contributed by atoms with E-state index in [0.29, 0.717) is 17.6 Å². The van der Waals surface area contributed by atoms with Crippen molar-refractivity contribution in [2.24, 2.45) is 5.92 Å². The van der Waals surface area contributed by atoms with Gasteiger partial charge in [0.2, 0.25) is 0 Å². The van der Waals surface area contributed by atoms with Crippen molar-refractivity contribution in [3.8, 4) is 0 Å². The molecular formula is C19H21ClN4O. The van der Waals surface area contributed by atoms with Gasteiger partial charge in [-0.2, -0.15) is 0 Å². The quantitative estimate of drug-likeness (QED) is 0.690. The van der Waals surface area contributed by atoms with Crippen molar-refractivity contribution in [2.45, 2.75) is 25.5 Å². The summed E-state index contributed by atoms with van der Waals surface area (Å²) in [4.78, 5) is 13.8. The number of benzene rings is 1. The zero-order chi connectivity index (χ0) is 17.2. The van der Waals surface area contributed by atoms with E-state index in [1.165, 1.54) is 11.9 Å². The maximum Gasteiger partial charge on any atom is 0.156 e. The van der Waals surface area contributed by atoms with E-state index in [2.05, 4.69) is 44.1 Å². The van der Waals surface area contributed by atoms with Gasteiger partial charge >= 0.3 is 0 Å². The number of aliphatic hydroxyl groups is 1. The third-order valence-corrected chi connectivity index (χ3v) is 5.31. The van der Waals surface area contributed by atoms with Gasteiger partial charge in [-0.1, -0.05) is 41.9 Å². The highest BCUT2D eigenvalue weighted by Crippen LogP contribution is 2.27. The van der Waals surface area contributed by atoms with Crippen LogP contribution < -0.4 is 0 Å². The number of nitrogens with one attached hydrogen (secondary N) is 1. The Kier molecular flexibility index (Phi) is 4.70. The van der Waals surface area contributed by atoms with Crippen LogP contribution in [0.2, 0.25) is 5.15 Å². The summed E-state index contributed by atoms with van der Waals surface area (Å²) in [7, 11) is 0. The second-order valence-corrected chi connectivity index (χ2v) is 7.11. The van der Waals surface area contributed by atoms with E-state index in [1.807, 2.05) is 12.3 Å². The van der Waals surface area contributed by atoms with Gasteiger partial charge < -0.3 is 10.1 Å². The number of hydrogen-bond acceptors (Lipinski definition) is 4. The molecule has 3 heterocycles. The van der Waals surface area contributed by atoms with Crippen LogP contribution in [-0.4, -0.2) is 44.2 Å². The maximum absolute atomic E-state index is 10.4. The van der Waals surface area contributed by atoms with E-state index < -0.39 is 0 Å². The van der Waals surface area contributed by atoms with Crippen LogP contribution in [0.1, 0.15) is 17.5 Å². The summed E-state index contributed by atoms with van der Waals surface area (Å²) in [5.74, 6) is 0.309. The molecule has 0 radical (unpaired) electrons. The van der Waals surface area contributed by atoms with Crippen LogP contribution in [0.4, 0.5) is 0 Å². The lowest BCUT2D eigenvalue weighted by Crippen LogP contribution is -2.21. The van der Waals surface area contributed by atoms with Gasteiger partial charge in [0.25, 0.3) is 0 Å². The van der Waals surface area contributed by atoms with Crippen molar-refractivity contribution in [1.82, 2.24) is 19.9 Å². The number of H-pyrrole nitrogens is 1. The fraction of sp³-hybridized carbons (Fsp3) is 0.368. The molecule has 0 amide bonds. The zero-order valence-electron chi connectivity index (χ0n) is 13.9. The van der Waals surface area contributed by atoms with E-state index in [9.17, 15) is 5.11 Å². The Morgan fingerprint density at radius 2 is 2.04 bits per heavy atom. The number of aromatic amines is 1. The molecule has 1 aromatic carbocycles. The van der Waals surface area contributed by atoms with Gasteiger partial charge in [0, 0.05) is 31.4 Å². The van der Waals surface area contributed by atoms with E-state index in [0.717, 1.165) is 42.5 Å². The third-order valence-electron chi connectivity index (χ3n) is 5.02. The van der Waals surface area contributed by atoms with Gasteiger partial charge in [0.15, 0.2) is 5.15 Å². The highest BCUT2D eigenvalue weighted by atomic mass is 35.5. The zero-order valence-corrected chi connectivity index (χ0v) is 14.7. The van der Waals surface area contributed by atoms with Crippen molar-refractivity contribution in [3.63, 3.8) is 0 Å². The molecule has 1 saturated heterocycles. The maximum atomic E-state index is 10.4. The fourth-order valence-electron chi connectivity index (χ4n) is 3.68. The first-order chi connectivity index (χ1) is 12.2. The number of likely N-dealkylation sites (tertiary alicyclic amines) is 1. The van der Waals surface area contributed by atoms with E-state index >= 15 is 0 Å². The molecule has 130 valence electrons. The largest absolute Gasteiger partial charge is 0.391 e. The standard InChI is InChI=1S/C19H21ClN4O/c20-19-18-17(22-12-23-19)15(8-21-18)10-24-9-14(16(25)11-24)7-6-13-4-2-1-3-5-13/h1-5,8,12,14,16,21,25H,6-7,9-11H2/t14-,16+/m1/s1. The van der Waals surface area contributed by atoms with Crippen LogP contribution in [0.3, 0.4) is 0 Å². The van der Waals surface area contributed by atoms with Crippen molar-refractivity contribution < 1.29 is 5.11 Å². The summed E-state index contributed by atoms with van der Waals surface area (Å²) >= 11 is 6.10. The number of rotatable bonds is 5. The molecule has 2 N–H and O–H groups in total. The summed E-state index contributed by atoms with van der Waals surface area (Å²) in [5, 5.41) is 10.9. The SMILES string of the molecule is O[C@H]1CN(Cc2c[nH]c3c(Cl)ncnc23)C[C@H]1CCc1ccccc1. The highest BCUT2D eigenvalue weighted by molar-refractivity contribution is 6.33. The van der Waals surface area contributed by atoms with Crippen molar-refractivity contribution >= 4 is 22.6 Å². The number of halogens is 1. The van der Waals surface area contributed by atoms with Crippen LogP contribution in [0.25, 0.3) is 11.0 Å². The molecule has 6 heteroatoms. The number of aromatic nitrogens is 3. The highest BCUT2D eigenvalue weighted by Gasteiger charge is 2.31. The monoisotopic (exact) mass is 356 g/mol. The normalized spacial score (nSPS) is 21.2. The molecular weight excluding hydrogens is 336 g/mol. The molecule has 0 saturated carbocycles. The molecule has 0 spiro atoms. The molecule has 1 aliphatic rings. The lowest BCUT2D eigenvalue weighted by molar-refractivity contribution is 0.137. The molecule has 25 heavy (non-hydrogen) atoms. The van der Waals surface area contributed by atoms with Gasteiger partial charge in [0.05, 0.1) is 11.6 Å². The van der Waals surface area contributed by atoms with Gasteiger partial charge in [0.1, 0.15) is 11.8 Å². The molecule has 0 aliphatic carbocycles. The average Bonchev–Trinajstić information content (AvgIpc) is 3.19. The van der Waals surface area contributed by atoms with Crippen LogP contribution in [0, 0.1) is 5.92 Å². The topological polar surface area (TPSA) is 65.0 Å². The molecule has 2 aromatic heterocycles.